The van der Waals surface area contributed by atoms with Crippen molar-refractivity contribution in [3.05, 3.63) is 137 Å². The molecule has 51 heavy (non-hydrogen) atoms. The zero-order valence-corrected chi connectivity index (χ0v) is 29.6. The van der Waals surface area contributed by atoms with E-state index in [1.54, 1.807) is 60.7 Å². The van der Waals surface area contributed by atoms with Crippen molar-refractivity contribution in [2.45, 2.75) is 17.1 Å². The molecule has 0 aliphatic rings. The molecule has 1 aromatic heterocycles. The van der Waals surface area contributed by atoms with Crippen molar-refractivity contribution in [1.29, 1.82) is 0 Å². The lowest BCUT2D eigenvalue weighted by molar-refractivity contribution is -0.115. The number of thiazole rings is 1. The van der Waals surface area contributed by atoms with Gasteiger partial charge >= 0.3 is 0 Å². The summed E-state index contributed by atoms with van der Waals surface area (Å²) in [5.74, 6) is -0.106. The second kappa shape index (κ2) is 16.2. The standard InChI is InChI=1S/C40H34N4O5S2/c1-25(37(45)44-40-43-34(24-50-40)30-15-14-27-9-7-8-12-29(27)23-30)51-32-18-16-31(17-19-32)41-39(47)33(42-38(46)28-10-5-4-6-11-28)21-26-13-20-35(48-2)36(22-26)49-3/h4-25H,1-3H3,(H,41,47)(H,42,46)(H,43,44,45)/b33-21-. The molecule has 1 heterocycles. The maximum absolute atomic E-state index is 13.5. The summed E-state index contributed by atoms with van der Waals surface area (Å²) in [4.78, 5) is 45.1. The molecule has 0 spiro atoms. The number of hydrogen-bond donors (Lipinski definition) is 3. The van der Waals surface area contributed by atoms with Crippen molar-refractivity contribution in [2.24, 2.45) is 0 Å². The number of carbonyl (C=O) groups is 3. The molecular formula is C40H34N4O5S2. The first-order valence-electron chi connectivity index (χ1n) is 15.9. The van der Waals surface area contributed by atoms with Crippen molar-refractivity contribution < 1.29 is 23.9 Å². The fourth-order valence-corrected chi connectivity index (χ4v) is 6.73. The lowest BCUT2D eigenvalue weighted by Gasteiger charge is -2.13. The number of ether oxygens (including phenoxy) is 2. The second-order valence-corrected chi connectivity index (χ2v) is 13.6. The second-order valence-electron chi connectivity index (χ2n) is 11.3. The Labute approximate surface area is 303 Å². The number of fused-ring (bicyclic) bond motifs is 1. The van der Waals surface area contributed by atoms with Crippen LogP contribution in [0.2, 0.25) is 0 Å². The van der Waals surface area contributed by atoms with Gasteiger partial charge in [0, 0.05) is 27.1 Å². The maximum Gasteiger partial charge on any atom is 0.272 e. The van der Waals surface area contributed by atoms with Crippen LogP contribution in [-0.4, -0.2) is 42.2 Å². The zero-order valence-electron chi connectivity index (χ0n) is 28.0. The Morgan fingerprint density at radius 3 is 2.25 bits per heavy atom. The smallest absolute Gasteiger partial charge is 0.272 e. The van der Waals surface area contributed by atoms with E-state index in [1.165, 1.54) is 37.3 Å². The lowest BCUT2D eigenvalue weighted by Crippen LogP contribution is -2.30. The fraction of sp³-hybridized carbons (Fsp3) is 0.100. The number of nitrogens with zero attached hydrogens (tertiary/aromatic N) is 1. The van der Waals surface area contributed by atoms with Gasteiger partial charge in [-0.2, -0.15) is 0 Å². The van der Waals surface area contributed by atoms with Crippen molar-refractivity contribution in [3.63, 3.8) is 0 Å². The molecule has 6 rings (SSSR count). The van der Waals surface area contributed by atoms with Gasteiger partial charge in [0.1, 0.15) is 5.70 Å². The van der Waals surface area contributed by atoms with Gasteiger partial charge in [0.2, 0.25) is 5.91 Å². The third-order valence-electron chi connectivity index (χ3n) is 7.82. The van der Waals surface area contributed by atoms with Crippen LogP contribution in [0.5, 0.6) is 11.5 Å². The van der Waals surface area contributed by atoms with Crippen molar-refractivity contribution in [1.82, 2.24) is 10.3 Å². The Balaban J connectivity index is 1.10. The average molecular weight is 715 g/mol. The number of hydrogen-bond acceptors (Lipinski definition) is 8. The Bertz CT molecular complexity index is 2220. The molecule has 6 aromatic rings. The Morgan fingerprint density at radius 1 is 0.784 bits per heavy atom. The predicted molar refractivity (Wildman–Crippen MR) is 206 cm³/mol. The minimum atomic E-state index is -0.520. The molecule has 1 unspecified atom stereocenters. The van der Waals surface area contributed by atoms with E-state index < -0.39 is 17.1 Å². The highest BCUT2D eigenvalue weighted by molar-refractivity contribution is 8.00. The highest BCUT2D eigenvalue weighted by Crippen LogP contribution is 2.31. The molecular weight excluding hydrogens is 681 g/mol. The van der Waals surface area contributed by atoms with Crippen LogP contribution in [0.3, 0.4) is 0 Å². The largest absolute Gasteiger partial charge is 0.493 e. The molecule has 11 heteroatoms. The van der Waals surface area contributed by atoms with Crippen LogP contribution < -0.4 is 25.4 Å². The van der Waals surface area contributed by atoms with E-state index in [2.05, 4.69) is 45.2 Å². The van der Waals surface area contributed by atoms with Crippen LogP contribution in [0.25, 0.3) is 28.1 Å². The number of benzene rings is 5. The van der Waals surface area contributed by atoms with Gasteiger partial charge in [-0.15, -0.1) is 23.1 Å². The normalized spacial score (nSPS) is 11.8. The van der Waals surface area contributed by atoms with Gasteiger partial charge in [-0.1, -0.05) is 60.7 Å². The molecule has 9 nitrogen and oxygen atoms in total. The number of rotatable bonds is 12. The minimum Gasteiger partial charge on any atom is -0.493 e. The SMILES string of the molecule is COc1ccc(/C=C(\NC(=O)c2ccccc2)C(=O)Nc2ccc(SC(C)C(=O)Nc3nc(-c4ccc5ccccc5c4)cs3)cc2)cc1OC. The number of carbonyl (C=O) groups excluding carboxylic acids is 3. The monoisotopic (exact) mass is 714 g/mol. The molecule has 1 atom stereocenters. The van der Waals surface area contributed by atoms with Gasteiger partial charge in [-0.25, -0.2) is 4.98 Å². The fourth-order valence-electron chi connectivity index (χ4n) is 5.14. The molecule has 0 saturated carbocycles. The molecule has 3 N–H and O–H groups in total. The molecule has 0 aliphatic heterocycles. The van der Waals surface area contributed by atoms with E-state index >= 15 is 0 Å². The first kappa shape index (κ1) is 34.9. The molecule has 0 fully saturated rings. The third kappa shape index (κ3) is 8.82. The van der Waals surface area contributed by atoms with Crippen molar-refractivity contribution in [3.8, 4) is 22.8 Å². The Kier molecular flexibility index (Phi) is 11.1. The molecule has 0 bridgehead atoms. The quantitative estimate of drug-likeness (QED) is 0.0859. The summed E-state index contributed by atoms with van der Waals surface area (Å²) in [7, 11) is 3.06. The molecule has 0 radical (unpaired) electrons. The van der Waals surface area contributed by atoms with Gasteiger partial charge in [0.15, 0.2) is 16.6 Å². The van der Waals surface area contributed by atoms with E-state index in [4.69, 9.17) is 9.47 Å². The summed E-state index contributed by atoms with van der Waals surface area (Å²) in [6.07, 6.45) is 1.57. The first-order chi connectivity index (χ1) is 24.8. The summed E-state index contributed by atoms with van der Waals surface area (Å²) in [5.41, 5.74) is 3.36. The average Bonchev–Trinajstić information content (AvgIpc) is 3.63. The number of amides is 3. The van der Waals surface area contributed by atoms with E-state index in [1.807, 2.05) is 48.7 Å². The number of anilines is 2. The van der Waals surface area contributed by atoms with Crippen LogP contribution in [0.1, 0.15) is 22.8 Å². The summed E-state index contributed by atoms with van der Waals surface area (Å²) >= 11 is 2.77. The van der Waals surface area contributed by atoms with Gasteiger partial charge < -0.3 is 25.4 Å². The van der Waals surface area contributed by atoms with Gasteiger partial charge in [-0.3, -0.25) is 14.4 Å². The van der Waals surface area contributed by atoms with Crippen LogP contribution in [0, 0.1) is 0 Å². The maximum atomic E-state index is 13.5. The molecule has 3 amide bonds. The molecule has 0 aliphatic carbocycles. The number of nitrogens with one attached hydrogen (secondary N) is 3. The molecule has 256 valence electrons. The third-order valence-corrected chi connectivity index (χ3v) is 9.69. The summed E-state index contributed by atoms with van der Waals surface area (Å²) < 4.78 is 10.7. The van der Waals surface area contributed by atoms with Crippen LogP contribution in [-0.2, 0) is 9.59 Å². The topological polar surface area (TPSA) is 119 Å². The van der Waals surface area contributed by atoms with Crippen LogP contribution >= 0.6 is 23.1 Å². The Morgan fingerprint density at radius 2 is 1.51 bits per heavy atom. The number of aromatic nitrogens is 1. The van der Waals surface area contributed by atoms with E-state index in [9.17, 15) is 14.4 Å². The highest BCUT2D eigenvalue weighted by atomic mass is 32.2. The lowest BCUT2D eigenvalue weighted by atomic mass is 10.1. The van der Waals surface area contributed by atoms with Crippen molar-refractivity contribution in [2.75, 3.05) is 24.9 Å². The molecule has 5 aromatic carbocycles. The molecule has 0 saturated heterocycles. The number of thioether (sulfide) groups is 1. The van der Waals surface area contributed by atoms with Crippen LogP contribution in [0.15, 0.2) is 131 Å². The van der Waals surface area contributed by atoms with Gasteiger partial charge in [-0.05, 0) is 83.9 Å². The van der Waals surface area contributed by atoms with Crippen LogP contribution in [0.4, 0.5) is 10.8 Å². The summed E-state index contributed by atoms with van der Waals surface area (Å²) in [6, 6.07) is 35.3. The summed E-state index contributed by atoms with van der Waals surface area (Å²) in [6.45, 7) is 1.83. The van der Waals surface area contributed by atoms with Crippen molar-refractivity contribution >= 4 is 68.5 Å². The summed E-state index contributed by atoms with van der Waals surface area (Å²) in [5, 5.41) is 12.9. The predicted octanol–water partition coefficient (Wildman–Crippen LogP) is 8.51. The Hall–Kier alpha value is -5.91. The minimum absolute atomic E-state index is 0.0331. The van der Waals surface area contributed by atoms with Gasteiger partial charge in [0.05, 0.1) is 25.2 Å². The first-order valence-corrected chi connectivity index (χ1v) is 17.7. The highest BCUT2D eigenvalue weighted by Gasteiger charge is 2.18. The zero-order chi connectivity index (χ0) is 35.7. The number of methoxy groups -OCH3 is 2. The van der Waals surface area contributed by atoms with E-state index in [-0.39, 0.29) is 11.6 Å². The van der Waals surface area contributed by atoms with Gasteiger partial charge in [0.25, 0.3) is 11.8 Å². The van der Waals surface area contributed by atoms with E-state index in [0.29, 0.717) is 33.4 Å². The van der Waals surface area contributed by atoms with E-state index in [0.717, 1.165) is 26.9 Å².